The Kier molecular flexibility index (Phi) is 4.01. The number of benzene rings is 1. The average molecular weight is 262 g/mol. The van der Waals surface area contributed by atoms with E-state index in [0.29, 0.717) is 23.5 Å². The van der Waals surface area contributed by atoms with E-state index in [0.717, 1.165) is 24.2 Å². The molecule has 0 aliphatic heterocycles. The van der Waals surface area contributed by atoms with Gasteiger partial charge in [-0.2, -0.15) is 0 Å². The summed E-state index contributed by atoms with van der Waals surface area (Å²) in [5.74, 6) is 0. The van der Waals surface area contributed by atoms with Crippen LogP contribution in [0.4, 0.5) is 11.4 Å². The van der Waals surface area contributed by atoms with Crippen molar-refractivity contribution in [2.24, 2.45) is 0 Å². The minimum absolute atomic E-state index is 0.187. The van der Waals surface area contributed by atoms with E-state index in [-0.39, 0.29) is 5.56 Å². The van der Waals surface area contributed by atoms with Crippen molar-refractivity contribution in [3.8, 4) is 0 Å². The smallest absolute Gasteiger partial charge is 0.269 e. The average Bonchev–Trinajstić information content (AvgIpc) is 2.37. The topological polar surface area (TPSA) is 93.0 Å². The number of hydrogen-bond acceptors (Lipinski definition) is 5. The predicted molar refractivity (Wildman–Crippen MR) is 76.5 cm³/mol. The molecule has 2 aromatic rings. The Morgan fingerprint density at radius 3 is 3.00 bits per heavy atom. The van der Waals surface area contributed by atoms with Gasteiger partial charge in [0, 0.05) is 20.3 Å². The summed E-state index contributed by atoms with van der Waals surface area (Å²) in [6.45, 7) is 3.15. The van der Waals surface area contributed by atoms with E-state index in [2.05, 4.69) is 15.3 Å². The summed E-state index contributed by atoms with van der Waals surface area (Å²) < 4.78 is 4.99. The molecular weight excluding hydrogens is 244 g/mol. The molecule has 0 spiro atoms. The quantitative estimate of drug-likeness (QED) is 0.557. The molecule has 1 aromatic carbocycles. The number of hydrogen-bond donors (Lipinski definition) is 3. The molecule has 0 aliphatic carbocycles. The summed E-state index contributed by atoms with van der Waals surface area (Å²) in [4.78, 5) is 18.5. The van der Waals surface area contributed by atoms with Crippen LogP contribution in [0.5, 0.6) is 0 Å². The third-order valence-electron chi connectivity index (χ3n) is 2.87. The van der Waals surface area contributed by atoms with E-state index >= 15 is 0 Å². The molecule has 0 saturated carbocycles. The number of fused-ring (bicyclic) bond motifs is 1. The molecule has 0 radical (unpaired) electrons. The maximum Gasteiger partial charge on any atom is 0.269 e. The Morgan fingerprint density at radius 2 is 2.26 bits per heavy atom. The number of rotatable bonds is 5. The number of aromatic amines is 1. The van der Waals surface area contributed by atoms with Gasteiger partial charge in [-0.15, -0.1) is 0 Å². The molecule has 1 heterocycles. The van der Waals surface area contributed by atoms with Crippen LogP contribution in [0, 0.1) is 6.92 Å². The molecule has 1 aromatic heterocycles. The lowest BCUT2D eigenvalue weighted by Crippen LogP contribution is -2.12. The second-order valence-corrected chi connectivity index (χ2v) is 4.38. The lowest BCUT2D eigenvalue weighted by atomic mass is 10.2. The van der Waals surface area contributed by atoms with Gasteiger partial charge < -0.3 is 20.8 Å². The van der Waals surface area contributed by atoms with Crippen LogP contribution in [-0.2, 0) is 4.74 Å². The van der Waals surface area contributed by atoms with Crippen molar-refractivity contribution in [2.45, 2.75) is 13.3 Å². The highest BCUT2D eigenvalue weighted by Gasteiger charge is 2.05. The third-order valence-corrected chi connectivity index (χ3v) is 2.87. The second kappa shape index (κ2) is 5.71. The lowest BCUT2D eigenvalue weighted by molar-refractivity contribution is 0.198. The van der Waals surface area contributed by atoms with Crippen molar-refractivity contribution in [1.29, 1.82) is 0 Å². The number of methoxy groups -OCH3 is 1. The zero-order valence-electron chi connectivity index (χ0n) is 11.1. The first-order chi connectivity index (χ1) is 9.11. The van der Waals surface area contributed by atoms with Crippen molar-refractivity contribution in [3.63, 3.8) is 0 Å². The first-order valence-electron chi connectivity index (χ1n) is 6.15. The molecule has 2 rings (SSSR count). The van der Waals surface area contributed by atoms with Crippen molar-refractivity contribution >= 4 is 22.4 Å². The number of aryl methyl sites for hydroxylation is 1. The number of ether oxygens (including phenoxy) is 1. The predicted octanol–water partition coefficient (Wildman–Crippen LogP) is 1.26. The van der Waals surface area contributed by atoms with Crippen molar-refractivity contribution in [1.82, 2.24) is 9.97 Å². The van der Waals surface area contributed by atoms with Gasteiger partial charge in [0.05, 0.1) is 22.4 Å². The Morgan fingerprint density at radius 1 is 1.47 bits per heavy atom. The van der Waals surface area contributed by atoms with Crippen LogP contribution >= 0.6 is 0 Å². The Bertz CT molecular complexity index is 636. The standard InChI is InChI=1S/C13H18N4O2/c1-8-13(18)17-11-6-9(14)10(7-12(11)16-8)15-4-3-5-19-2/h6-7,15H,3-5,14H2,1-2H3,(H,17,18). The molecule has 0 atom stereocenters. The Labute approximate surface area is 111 Å². The summed E-state index contributed by atoms with van der Waals surface area (Å²) in [6.07, 6.45) is 0.895. The van der Waals surface area contributed by atoms with E-state index in [1.54, 1.807) is 20.1 Å². The van der Waals surface area contributed by atoms with Gasteiger partial charge in [0.2, 0.25) is 0 Å². The molecule has 0 bridgehead atoms. The largest absolute Gasteiger partial charge is 0.397 e. The summed E-state index contributed by atoms with van der Waals surface area (Å²) >= 11 is 0. The highest BCUT2D eigenvalue weighted by atomic mass is 16.5. The maximum absolute atomic E-state index is 11.5. The molecule has 0 fully saturated rings. The molecule has 0 saturated heterocycles. The second-order valence-electron chi connectivity index (χ2n) is 4.38. The van der Waals surface area contributed by atoms with Crippen LogP contribution in [0.3, 0.4) is 0 Å². The monoisotopic (exact) mass is 262 g/mol. The fourth-order valence-corrected chi connectivity index (χ4v) is 1.83. The number of aromatic nitrogens is 2. The van der Waals surface area contributed by atoms with Crippen molar-refractivity contribution in [2.75, 3.05) is 31.3 Å². The summed E-state index contributed by atoms with van der Waals surface area (Å²) in [5.41, 5.74) is 8.99. The summed E-state index contributed by atoms with van der Waals surface area (Å²) in [6, 6.07) is 3.57. The number of nitrogens with one attached hydrogen (secondary N) is 2. The van der Waals surface area contributed by atoms with Gasteiger partial charge in [-0.1, -0.05) is 0 Å². The Hall–Kier alpha value is -2.08. The van der Waals surface area contributed by atoms with Crippen LogP contribution in [0.2, 0.25) is 0 Å². The molecule has 4 N–H and O–H groups in total. The van der Waals surface area contributed by atoms with E-state index in [9.17, 15) is 4.79 Å². The Balaban J connectivity index is 2.27. The van der Waals surface area contributed by atoms with Gasteiger partial charge in [0.25, 0.3) is 5.56 Å². The highest BCUT2D eigenvalue weighted by Crippen LogP contribution is 2.23. The lowest BCUT2D eigenvalue weighted by Gasteiger charge is -2.10. The highest BCUT2D eigenvalue weighted by molar-refractivity contribution is 5.86. The van der Waals surface area contributed by atoms with Gasteiger partial charge >= 0.3 is 0 Å². The molecule has 0 aliphatic rings. The van der Waals surface area contributed by atoms with Crippen molar-refractivity contribution in [3.05, 3.63) is 28.2 Å². The van der Waals surface area contributed by atoms with Crippen LogP contribution in [0.1, 0.15) is 12.1 Å². The van der Waals surface area contributed by atoms with Gasteiger partial charge in [-0.25, -0.2) is 4.98 Å². The first-order valence-corrected chi connectivity index (χ1v) is 6.15. The number of nitrogens with two attached hydrogens (primary N) is 1. The maximum atomic E-state index is 11.5. The molecule has 6 nitrogen and oxygen atoms in total. The van der Waals surface area contributed by atoms with Gasteiger partial charge in [-0.05, 0) is 25.5 Å². The fraction of sp³-hybridized carbons (Fsp3) is 0.385. The number of H-pyrrole nitrogens is 1. The SMILES string of the molecule is COCCCNc1cc2nc(C)c(=O)[nH]c2cc1N. The van der Waals surface area contributed by atoms with Gasteiger partial charge in [-0.3, -0.25) is 4.79 Å². The van der Waals surface area contributed by atoms with Crippen LogP contribution < -0.4 is 16.6 Å². The first kappa shape index (κ1) is 13.4. The zero-order chi connectivity index (χ0) is 13.8. The molecule has 102 valence electrons. The van der Waals surface area contributed by atoms with Crippen molar-refractivity contribution < 1.29 is 4.74 Å². The van der Waals surface area contributed by atoms with E-state index in [1.165, 1.54) is 0 Å². The van der Waals surface area contributed by atoms with Crippen LogP contribution in [-0.4, -0.2) is 30.2 Å². The molecule has 0 amide bonds. The molecule has 0 unspecified atom stereocenters. The molecular formula is C13H18N4O2. The molecule has 6 heteroatoms. The molecule has 19 heavy (non-hydrogen) atoms. The fourth-order valence-electron chi connectivity index (χ4n) is 1.83. The van der Waals surface area contributed by atoms with Gasteiger partial charge in [0.1, 0.15) is 5.69 Å². The van der Waals surface area contributed by atoms with Crippen LogP contribution in [0.25, 0.3) is 11.0 Å². The van der Waals surface area contributed by atoms with Crippen LogP contribution in [0.15, 0.2) is 16.9 Å². The van der Waals surface area contributed by atoms with E-state index in [4.69, 9.17) is 10.5 Å². The minimum Gasteiger partial charge on any atom is -0.397 e. The number of nitrogens with zero attached hydrogens (tertiary/aromatic N) is 1. The number of anilines is 2. The zero-order valence-corrected chi connectivity index (χ0v) is 11.1. The summed E-state index contributed by atoms with van der Waals surface area (Å²) in [7, 11) is 1.67. The summed E-state index contributed by atoms with van der Waals surface area (Å²) in [5, 5.41) is 3.24. The third kappa shape index (κ3) is 3.03. The van der Waals surface area contributed by atoms with E-state index in [1.807, 2.05) is 6.07 Å². The van der Waals surface area contributed by atoms with Gasteiger partial charge in [0.15, 0.2) is 0 Å². The normalized spacial score (nSPS) is 10.8. The minimum atomic E-state index is -0.187. The number of nitrogen functional groups attached to an aromatic ring is 1. The van der Waals surface area contributed by atoms with E-state index < -0.39 is 0 Å².